The van der Waals surface area contributed by atoms with Crippen molar-refractivity contribution >= 4 is 5.91 Å². The largest absolute Gasteiger partial charge is 0.348 e. The molecule has 4 atom stereocenters. The van der Waals surface area contributed by atoms with Crippen LogP contribution in [-0.4, -0.2) is 36.5 Å². The van der Waals surface area contributed by atoms with Gasteiger partial charge in [-0.05, 0) is 37.4 Å². The molecule has 0 radical (unpaired) electrons. The number of rotatable bonds is 6. The van der Waals surface area contributed by atoms with Crippen molar-refractivity contribution in [2.24, 2.45) is 11.7 Å². The van der Waals surface area contributed by atoms with Crippen molar-refractivity contribution in [3.05, 3.63) is 71.8 Å². The predicted molar refractivity (Wildman–Crippen MR) is 106 cm³/mol. The second kappa shape index (κ2) is 8.47. The van der Waals surface area contributed by atoms with Gasteiger partial charge in [0.25, 0.3) is 0 Å². The smallest absolute Gasteiger partial charge is 0.237 e. The molecule has 26 heavy (non-hydrogen) atoms. The quantitative estimate of drug-likeness (QED) is 0.841. The first kappa shape index (κ1) is 18.6. The van der Waals surface area contributed by atoms with Gasteiger partial charge >= 0.3 is 0 Å². The minimum atomic E-state index is -0.163. The van der Waals surface area contributed by atoms with Crippen LogP contribution < -0.4 is 11.1 Å². The van der Waals surface area contributed by atoms with Crippen LogP contribution in [0.15, 0.2) is 60.7 Å². The lowest BCUT2D eigenvalue weighted by Crippen LogP contribution is -2.45. The van der Waals surface area contributed by atoms with Crippen molar-refractivity contribution in [3.8, 4) is 0 Å². The summed E-state index contributed by atoms with van der Waals surface area (Å²) in [5, 5.41) is 3.15. The van der Waals surface area contributed by atoms with Crippen LogP contribution >= 0.6 is 0 Å². The molecule has 0 bridgehead atoms. The molecule has 4 heteroatoms. The molecule has 1 amide bonds. The van der Waals surface area contributed by atoms with E-state index in [9.17, 15) is 4.79 Å². The summed E-state index contributed by atoms with van der Waals surface area (Å²) in [4.78, 5) is 15.0. The van der Waals surface area contributed by atoms with Gasteiger partial charge in [0.05, 0.1) is 12.1 Å². The van der Waals surface area contributed by atoms with Gasteiger partial charge in [0.2, 0.25) is 5.91 Å². The standard InChI is InChI=1S/C22H29N3O/c1-16(18-9-5-3-6-10-18)24-22(26)17(2)25-14-20(13-23)21(15-25)19-11-7-4-8-12-19/h3-12,16-17,20-21H,13-15,23H2,1-2H3,(H,24,26)/t16?,17?,20-,21+/m1/s1. The van der Waals surface area contributed by atoms with Crippen molar-refractivity contribution in [3.63, 3.8) is 0 Å². The molecule has 138 valence electrons. The number of nitrogens with two attached hydrogens (primary N) is 1. The Hall–Kier alpha value is -2.17. The number of hydrogen-bond acceptors (Lipinski definition) is 3. The zero-order valence-electron chi connectivity index (χ0n) is 15.6. The number of amides is 1. The van der Waals surface area contributed by atoms with Crippen LogP contribution in [-0.2, 0) is 4.79 Å². The van der Waals surface area contributed by atoms with Crippen LogP contribution in [0.5, 0.6) is 0 Å². The van der Waals surface area contributed by atoms with Gasteiger partial charge in [-0.25, -0.2) is 0 Å². The fraction of sp³-hybridized carbons (Fsp3) is 0.409. The minimum absolute atomic E-state index is 0.00368. The lowest BCUT2D eigenvalue weighted by molar-refractivity contribution is -0.126. The Bertz CT molecular complexity index is 704. The number of carbonyl (C=O) groups is 1. The molecule has 4 nitrogen and oxygen atoms in total. The van der Waals surface area contributed by atoms with Crippen LogP contribution in [0.3, 0.4) is 0 Å². The van der Waals surface area contributed by atoms with Crippen LogP contribution in [0.2, 0.25) is 0 Å². The Kier molecular flexibility index (Phi) is 6.07. The molecule has 0 saturated carbocycles. The Balaban J connectivity index is 1.64. The number of benzene rings is 2. The van der Waals surface area contributed by atoms with E-state index in [4.69, 9.17) is 5.73 Å². The summed E-state index contributed by atoms with van der Waals surface area (Å²) in [5.41, 5.74) is 8.47. The summed E-state index contributed by atoms with van der Waals surface area (Å²) >= 11 is 0. The molecule has 3 rings (SSSR count). The van der Waals surface area contributed by atoms with Crippen molar-refractivity contribution in [1.82, 2.24) is 10.2 Å². The average molecular weight is 351 g/mol. The van der Waals surface area contributed by atoms with Gasteiger partial charge in [0.15, 0.2) is 0 Å². The normalized spacial score (nSPS) is 22.7. The highest BCUT2D eigenvalue weighted by atomic mass is 16.2. The van der Waals surface area contributed by atoms with E-state index in [0.717, 1.165) is 18.7 Å². The summed E-state index contributed by atoms with van der Waals surface area (Å²) in [5.74, 6) is 0.855. The Morgan fingerprint density at radius 3 is 2.31 bits per heavy atom. The maximum Gasteiger partial charge on any atom is 0.237 e. The Labute approximate surface area is 156 Å². The van der Waals surface area contributed by atoms with E-state index in [1.807, 2.05) is 50.2 Å². The van der Waals surface area contributed by atoms with Crippen LogP contribution in [0.1, 0.15) is 36.9 Å². The monoisotopic (exact) mass is 351 g/mol. The van der Waals surface area contributed by atoms with Crippen LogP contribution in [0.4, 0.5) is 0 Å². The maximum absolute atomic E-state index is 12.8. The predicted octanol–water partition coefficient (Wildman–Crippen LogP) is 2.93. The number of nitrogens with one attached hydrogen (secondary N) is 1. The third kappa shape index (κ3) is 4.14. The topological polar surface area (TPSA) is 58.4 Å². The second-order valence-electron chi connectivity index (χ2n) is 7.28. The van der Waals surface area contributed by atoms with Crippen LogP contribution in [0, 0.1) is 5.92 Å². The molecular formula is C22H29N3O. The van der Waals surface area contributed by atoms with Gasteiger partial charge in [-0.2, -0.15) is 0 Å². The fourth-order valence-corrected chi connectivity index (χ4v) is 3.86. The van der Waals surface area contributed by atoms with Gasteiger partial charge < -0.3 is 11.1 Å². The molecule has 2 aromatic rings. The zero-order chi connectivity index (χ0) is 18.5. The van der Waals surface area contributed by atoms with E-state index < -0.39 is 0 Å². The van der Waals surface area contributed by atoms with E-state index >= 15 is 0 Å². The molecule has 0 aromatic heterocycles. The summed E-state index contributed by atoms with van der Waals surface area (Å²) in [6, 6.07) is 20.4. The van der Waals surface area contributed by atoms with Crippen molar-refractivity contribution < 1.29 is 4.79 Å². The van der Waals surface area contributed by atoms with Gasteiger partial charge in [-0.3, -0.25) is 9.69 Å². The lowest BCUT2D eigenvalue weighted by atomic mass is 9.89. The van der Waals surface area contributed by atoms with E-state index in [-0.39, 0.29) is 18.0 Å². The molecule has 1 aliphatic heterocycles. The van der Waals surface area contributed by atoms with Gasteiger partial charge in [0, 0.05) is 19.0 Å². The molecule has 0 aliphatic carbocycles. The van der Waals surface area contributed by atoms with E-state index in [0.29, 0.717) is 18.4 Å². The number of hydrogen-bond donors (Lipinski definition) is 2. The maximum atomic E-state index is 12.8. The molecule has 0 spiro atoms. The van der Waals surface area contributed by atoms with E-state index in [2.05, 4.69) is 34.5 Å². The first-order valence-electron chi connectivity index (χ1n) is 9.44. The Morgan fingerprint density at radius 2 is 1.69 bits per heavy atom. The lowest BCUT2D eigenvalue weighted by Gasteiger charge is -2.25. The number of nitrogens with zero attached hydrogens (tertiary/aromatic N) is 1. The summed E-state index contributed by atoms with van der Waals surface area (Å²) < 4.78 is 0. The second-order valence-corrected chi connectivity index (χ2v) is 7.28. The first-order chi connectivity index (χ1) is 12.6. The van der Waals surface area contributed by atoms with E-state index in [1.165, 1.54) is 5.56 Å². The van der Waals surface area contributed by atoms with Crippen molar-refractivity contribution in [2.75, 3.05) is 19.6 Å². The SMILES string of the molecule is CC(NC(=O)C(C)N1C[C@@H](CN)[C@H](c2ccccc2)C1)c1ccccc1. The summed E-state index contributed by atoms with van der Waals surface area (Å²) in [7, 11) is 0. The highest BCUT2D eigenvalue weighted by Crippen LogP contribution is 2.33. The third-order valence-corrected chi connectivity index (χ3v) is 5.59. The molecule has 1 fully saturated rings. The Morgan fingerprint density at radius 1 is 1.08 bits per heavy atom. The highest BCUT2D eigenvalue weighted by molar-refractivity contribution is 5.81. The third-order valence-electron chi connectivity index (χ3n) is 5.59. The molecule has 1 saturated heterocycles. The first-order valence-corrected chi connectivity index (χ1v) is 9.44. The summed E-state index contributed by atoms with van der Waals surface area (Å²) in [6.07, 6.45) is 0. The molecule has 2 aromatic carbocycles. The molecule has 1 aliphatic rings. The van der Waals surface area contributed by atoms with E-state index in [1.54, 1.807) is 0 Å². The molecule has 1 heterocycles. The van der Waals surface area contributed by atoms with Crippen molar-refractivity contribution in [2.45, 2.75) is 31.8 Å². The van der Waals surface area contributed by atoms with Gasteiger partial charge in [-0.15, -0.1) is 0 Å². The van der Waals surface area contributed by atoms with Crippen LogP contribution in [0.25, 0.3) is 0 Å². The molecule has 3 N–H and O–H groups in total. The van der Waals surface area contributed by atoms with Gasteiger partial charge in [-0.1, -0.05) is 60.7 Å². The highest BCUT2D eigenvalue weighted by Gasteiger charge is 2.37. The number of likely N-dealkylation sites (tertiary alicyclic amines) is 1. The van der Waals surface area contributed by atoms with Gasteiger partial charge in [0.1, 0.15) is 0 Å². The summed E-state index contributed by atoms with van der Waals surface area (Å²) in [6.45, 7) is 6.41. The fourth-order valence-electron chi connectivity index (χ4n) is 3.86. The molecule has 2 unspecified atom stereocenters. The average Bonchev–Trinajstić information content (AvgIpc) is 3.13. The molecular weight excluding hydrogens is 322 g/mol. The van der Waals surface area contributed by atoms with Crippen molar-refractivity contribution in [1.29, 1.82) is 0 Å². The zero-order valence-corrected chi connectivity index (χ0v) is 15.6. The number of carbonyl (C=O) groups excluding carboxylic acids is 1. The minimum Gasteiger partial charge on any atom is -0.348 e.